The lowest BCUT2D eigenvalue weighted by atomic mass is 10.2. The number of aromatic nitrogens is 3. The van der Waals surface area contributed by atoms with Gasteiger partial charge in [-0.3, -0.25) is 4.79 Å². The molecular formula is C16H15N5O. The van der Waals surface area contributed by atoms with Crippen LogP contribution in [-0.2, 0) is 11.3 Å². The Labute approximate surface area is 127 Å². The van der Waals surface area contributed by atoms with Gasteiger partial charge in [0.05, 0.1) is 18.3 Å². The van der Waals surface area contributed by atoms with Gasteiger partial charge in [-0.1, -0.05) is 47.7 Å². The number of rotatable bonds is 5. The minimum atomic E-state index is -0.160. The SMILES string of the molecule is O=C(CCn1nnc2ccccc21)N/N=C/c1ccccc1. The van der Waals surface area contributed by atoms with E-state index >= 15 is 0 Å². The van der Waals surface area contributed by atoms with Gasteiger partial charge in [-0.2, -0.15) is 5.10 Å². The minimum Gasteiger partial charge on any atom is -0.273 e. The number of hydrogen-bond acceptors (Lipinski definition) is 4. The lowest BCUT2D eigenvalue weighted by Crippen LogP contribution is -2.19. The Kier molecular flexibility index (Phi) is 4.20. The van der Waals surface area contributed by atoms with Crippen LogP contribution in [-0.4, -0.2) is 27.1 Å². The zero-order valence-corrected chi connectivity index (χ0v) is 11.9. The van der Waals surface area contributed by atoms with E-state index < -0.39 is 0 Å². The van der Waals surface area contributed by atoms with E-state index in [4.69, 9.17) is 0 Å². The molecule has 6 heteroatoms. The third kappa shape index (κ3) is 3.35. The molecule has 22 heavy (non-hydrogen) atoms. The molecule has 1 N–H and O–H groups in total. The average Bonchev–Trinajstić information content (AvgIpc) is 2.97. The van der Waals surface area contributed by atoms with E-state index in [0.717, 1.165) is 16.6 Å². The molecule has 0 fully saturated rings. The van der Waals surface area contributed by atoms with Crippen LogP contribution in [0.15, 0.2) is 59.7 Å². The maximum absolute atomic E-state index is 11.8. The van der Waals surface area contributed by atoms with Crippen LogP contribution < -0.4 is 5.43 Å². The van der Waals surface area contributed by atoms with E-state index in [1.807, 2.05) is 54.6 Å². The van der Waals surface area contributed by atoms with E-state index in [2.05, 4.69) is 20.8 Å². The first-order valence-electron chi connectivity index (χ1n) is 6.98. The maximum Gasteiger partial charge on any atom is 0.241 e. The van der Waals surface area contributed by atoms with Gasteiger partial charge in [0.25, 0.3) is 0 Å². The molecule has 0 unspecified atom stereocenters. The molecule has 0 aliphatic carbocycles. The van der Waals surface area contributed by atoms with Crippen LogP contribution in [0.1, 0.15) is 12.0 Å². The zero-order chi connectivity index (χ0) is 15.2. The molecule has 0 spiro atoms. The Balaban J connectivity index is 1.53. The van der Waals surface area contributed by atoms with Gasteiger partial charge in [0.2, 0.25) is 5.91 Å². The van der Waals surface area contributed by atoms with Gasteiger partial charge in [0.1, 0.15) is 5.52 Å². The van der Waals surface area contributed by atoms with E-state index in [-0.39, 0.29) is 5.91 Å². The summed E-state index contributed by atoms with van der Waals surface area (Å²) in [4.78, 5) is 11.8. The van der Waals surface area contributed by atoms with E-state index in [1.54, 1.807) is 10.9 Å². The first-order chi connectivity index (χ1) is 10.8. The monoisotopic (exact) mass is 293 g/mol. The Hall–Kier alpha value is -3.02. The predicted octanol–water partition coefficient (Wildman–Crippen LogP) is 1.97. The molecule has 0 saturated heterocycles. The lowest BCUT2D eigenvalue weighted by molar-refractivity contribution is -0.121. The second-order valence-corrected chi connectivity index (χ2v) is 4.76. The summed E-state index contributed by atoms with van der Waals surface area (Å²) < 4.78 is 1.72. The number of carbonyl (C=O) groups is 1. The molecular weight excluding hydrogens is 278 g/mol. The number of amides is 1. The van der Waals surface area contributed by atoms with Crippen molar-refractivity contribution >= 4 is 23.2 Å². The quantitative estimate of drug-likeness (QED) is 0.577. The average molecular weight is 293 g/mol. The second-order valence-electron chi connectivity index (χ2n) is 4.76. The van der Waals surface area contributed by atoms with Crippen molar-refractivity contribution in [2.24, 2.45) is 5.10 Å². The summed E-state index contributed by atoms with van der Waals surface area (Å²) in [6.07, 6.45) is 1.91. The Morgan fingerprint density at radius 3 is 2.77 bits per heavy atom. The number of hydrazone groups is 1. The molecule has 110 valence electrons. The molecule has 1 aromatic heterocycles. The Morgan fingerprint density at radius 1 is 1.14 bits per heavy atom. The van der Waals surface area contributed by atoms with Crippen LogP contribution in [0.25, 0.3) is 11.0 Å². The van der Waals surface area contributed by atoms with Crippen molar-refractivity contribution in [3.8, 4) is 0 Å². The summed E-state index contributed by atoms with van der Waals surface area (Å²) in [6.45, 7) is 0.465. The van der Waals surface area contributed by atoms with Crippen molar-refractivity contribution < 1.29 is 4.79 Å². The summed E-state index contributed by atoms with van der Waals surface area (Å²) >= 11 is 0. The van der Waals surface area contributed by atoms with Crippen LogP contribution in [0.4, 0.5) is 0 Å². The fourth-order valence-corrected chi connectivity index (χ4v) is 2.06. The number of nitrogens with one attached hydrogen (secondary N) is 1. The number of nitrogens with zero attached hydrogens (tertiary/aromatic N) is 4. The van der Waals surface area contributed by atoms with Gasteiger partial charge in [0.15, 0.2) is 0 Å². The van der Waals surface area contributed by atoms with Gasteiger partial charge in [-0.05, 0) is 17.7 Å². The maximum atomic E-state index is 11.8. The highest BCUT2D eigenvalue weighted by molar-refractivity contribution is 5.82. The lowest BCUT2D eigenvalue weighted by Gasteiger charge is -2.01. The van der Waals surface area contributed by atoms with Crippen molar-refractivity contribution in [2.45, 2.75) is 13.0 Å². The fourth-order valence-electron chi connectivity index (χ4n) is 2.06. The minimum absolute atomic E-state index is 0.160. The van der Waals surface area contributed by atoms with Crippen LogP contribution in [0.3, 0.4) is 0 Å². The van der Waals surface area contributed by atoms with Gasteiger partial charge >= 0.3 is 0 Å². The second kappa shape index (κ2) is 6.62. The number of benzene rings is 2. The summed E-state index contributed by atoms with van der Waals surface area (Å²) in [5.41, 5.74) is 5.19. The number of para-hydroxylation sites is 1. The summed E-state index contributed by atoms with van der Waals surface area (Å²) in [5.74, 6) is -0.160. The smallest absolute Gasteiger partial charge is 0.241 e. The Bertz CT molecular complexity index is 794. The molecule has 1 amide bonds. The largest absolute Gasteiger partial charge is 0.273 e. The third-order valence-corrected chi connectivity index (χ3v) is 3.17. The van der Waals surface area contributed by atoms with E-state index in [9.17, 15) is 4.79 Å². The van der Waals surface area contributed by atoms with Gasteiger partial charge in [-0.15, -0.1) is 5.10 Å². The normalized spacial score (nSPS) is 11.1. The van der Waals surface area contributed by atoms with Crippen LogP contribution in [0.5, 0.6) is 0 Å². The topological polar surface area (TPSA) is 72.2 Å². The highest BCUT2D eigenvalue weighted by Gasteiger charge is 2.05. The molecule has 0 aliphatic heterocycles. The summed E-state index contributed by atoms with van der Waals surface area (Å²) in [5, 5.41) is 12.0. The standard InChI is InChI=1S/C16H15N5O/c22-16(19-17-12-13-6-2-1-3-7-13)10-11-21-15-9-5-4-8-14(15)18-20-21/h1-9,12H,10-11H2,(H,19,22)/b17-12+. The number of fused-ring (bicyclic) bond motifs is 1. The van der Waals surface area contributed by atoms with Crippen molar-refractivity contribution in [3.05, 3.63) is 60.2 Å². The molecule has 6 nitrogen and oxygen atoms in total. The van der Waals surface area contributed by atoms with Crippen molar-refractivity contribution in [1.29, 1.82) is 0 Å². The molecule has 0 aliphatic rings. The number of carbonyl (C=O) groups excluding carboxylic acids is 1. The van der Waals surface area contributed by atoms with Gasteiger partial charge in [0, 0.05) is 6.42 Å². The highest BCUT2D eigenvalue weighted by atomic mass is 16.2. The molecule has 0 saturated carbocycles. The summed E-state index contributed by atoms with van der Waals surface area (Å²) in [7, 11) is 0. The van der Waals surface area contributed by atoms with E-state index in [1.165, 1.54) is 0 Å². The molecule has 3 aromatic rings. The fraction of sp³-hybridized carbons (Fsp3) is 0.125. The molecule has 3 rings (SSSR count). The van der Waals surface area contributed by atoms with Gasteiger partial charge < -0.3 is 0 Å². The van der Waals surface area contributed by atoms with Crippen LogP contribution >= 0.6 is 0 Å². The number of hydrogen-bond donors (Lipinski definition) is 1. The first-order valence-corrected chi connectivity index (χ1v) is 6.98. The van der Waals surface area contributed by atoms with Crippen LogP contribution in [0, 0.1) is 0 Å². The zero-order valence-electron chi connectivity index (χ0n) is 11.9. The number of aryl methyl sites for hydroxylation is 1. The molecule has 0 radical (unpaired) electrons. The van der Waals surface area contributed by atoms with Crippen LogP contribution in [0.2, 0.25) is 0 Å². The molecule has 1 heterocycles. The van der Waals surface area contributed by atoms with Crippen molar-refractivity contribution in [3.63, 3.8) is 0 Å². The highest BCUT2D eigenvalue weighted by Crippen LogP contribution is 2.09. The summed E-state index contributed by atoms with van der Waals surface area (Å²) in [6, 6.07) is 17.2. The first kappa shape index (κ1) is 13.9. The molecule has 2 aromatic carbocycles. The molecule has 0 bridgehead atoms. The third-order valence-electron chi connectivity index (χ3n) is 3.17. The molecule has 0 atom stereocenters. The Morgan fingerprint density at radius 2 is 1.91 bits per heavy atom. The van der Waals surface area contributed by atoms with Crippen molar-refractivity contribution in [2.75, 3.05) is 0 Å². The van der Waals surface area contributed by atoms with Gasteiger partial charge in [-0.25, -0.2) is 10.1 Å². The van der Waals surface area contributed by atoms with Crippen molar-refractivity contribution in [1.82, 2.24) is 20.4 Å². The predicted molar refractivity (Wildman–Crippen MR) is 84.3 cm³/mol. The van der Waals surface area contributed by atoms with E-state index in [0.29, 0.717) is 13.0 Å².